The number of anilines is 1. The van der Waals surface area contributed by atoms with Gasteiger partial charge in [0.1, 0.15) is 18.1 Å². The second-order valence-electron chi connectivity index (χ2n) is 9.85. The second kappa shape index (κ2) is 10.5. The molecule has 2 amide bonds. The van der Waals surface area contributed by atoms with Crippen LogP contribution in [0, 0.1) is 5.92 Å². The summed E-state index contributed by atoms with van der Waals surface area (Å²) >= 11 is 0. The lowest BCUT2D eigenvalue weighted by atomic mass is 9.87. The third-order valence-electron chi connectivity index (χ3n) is 5.39. The average Bonchev–Trinajstić information content (AvgIpc) is 3.15. The van der Waals surface area contributed by atoms with Gasteiger partial charge in [-0.3, -0.25) is 14.3 Å². The Bertz CT molecular complexity index is 1140. The Kier molecular flexibility index (Phi) is 7.76. The molecule has 3 aromatic rings. The SMILES string of the molecule is CC(C)CNC(=O)c1c(NC(=O)c2cccc(COc3ccc(C(C)(C)C)cc3)c2)cnn1C. The average molecular weight is 463 g/mol. The molecule has 34 heavy (non-hydrogen) atoms. The van der Waals surface area contributed by atoms with E-state index in [0.717, 1.165) is 11.3 Å². The predicted molar refractivity (Wildman–Crippen MR) is 134 cm³/mol. The maximum atomic E-state index is 12.9. The summed E-state index contributed by atoms with van der Waals surface area (Å²) in [4.78, 5) is 25.5. The minimum atomic E-state index is -0.317. The highest BCUT2D eigenvalue weighted by Gasteiger charge is 2.19. The summed E-state index contributed by atoms with van der Waals surface area (Å²) in [5.74, 6) is 0.498. The lowest BCUT2D eigenvalue weighted by molar-refractivity contribution is 0.0940. The molecular formula is C27H34N4O3. The van der Waals surface area contributed by atoms with E-state index in [0.29, 0.717) is 36.0 Å². The topological polar surface area (TPSA) is 85.2 Å². The van der Waals surface area contributed by atoms with Crippen molar-refractivity contribution in [3.8, 4) is 5.75 Å². The second-order valence-corrected chi connectivity index (χ2v) is 9.85. The van der Waals surface area contributed by atoms with Crippen molar-refractivity contribution in [3.63, 3.8) is 0 Å². The monoisotopic (exact) mass is 462 g/mol. The molecule has 7 heteroatoms. The fraction of sp³-hybridized carbons (Fsp3) is 0.370. The van der Waals surface area contributed by atoms with Crippen molar-refractivity contribution < 1.29 is 14.3 Å². The number of aryl methyl sites for hydroxylation is 1. The third kappa shape index (κ3) is 6.47. The molecule has 1 heterocycles. The van der Waals surface area contributed by atoms with E-state index in [2.05, 4.69) is 48.6 Å². The van der Waals surface area contributed by atoms with Crippen LogP contribution >= 0.6 is 0 Å². The highest BCUT2D eigenvalue weighted by Crippen LogP contribution is 2.25. The standard InChI is InChI=1S/C27H34N4O3/c1-18(2)15-28-26(33)24-23(16-29-31(24)6)30-25(32)20-9-7-8-19(14-20)17-34-22-12-10-21(11-13-22)27(3,4)5/h7-14,16,18H,15,17H2,1-6H3,(H,28,33)(H,30,32). The number of aromatic nitrogens is 2. The zero-order valence-corrected chi connectivity index (χ0v) is 20.8. The number of carbonyl (C=O) groups excluding carboxylic acids is 2. The Labute approximate surface area is 201 Å². The maximum Gasteiger partial charge on any atom is 0.271 e. The van der Waals surface area contributed by atoms with Gasteiger partial charge in [-0.2, -0.15) is 5.10 Å². The van der Waals surface area contributed by atoms with E-state index in [1.165, 1.54) is 16.4 Å². The highest BCUT2D eigenvalue weighted by molar-refractivity contribution is 6.08. The van der Waals surface area contributed by atoms with E-state index in [1.807, 2.05) is 38.1 Å². The van der Waals surface area contributed by atoms with Crippen molar-refractivity contribution in [2.75, 3.05) is 11.9 Å². The molecule has 0 bridgehead atoms. The Morgan fingerprint density at radius 3 is 2.41 bits per heavy atom. The smallest absolute Gasteiger partial charge is 0.271 e. The fourth-order valence-electron chi connectivity index (χ4n) is 3.39. The van der Waals surface area contributed by atoms with E-state index in [-0.39, 0.29) is 17.2 Å². The Hall–Kier alpha value is -3.61. The summed E-state index contributed by atoms with van der Waals surface area (Å²) in [6.07, 6.45) is 1.48. The molecule has 0 unspecified atom stereocenters. The van der Waals surface area contributed by atoms with Gasteiger partial charge in [-0.05, 0) is 46.7 Å². The van der Waals surface area contributed by atoms with E-state index < -0.39 is 0 Å². The summed E-state index contributed by atoms with van der Waals surface area (Å²) in [6.45, 7) is 11.4. The molecule has 1 aromatic heterocycles. The number of carbonyl (C=O) groups is 2. The number of amides is 2. The Morgan fingerprint density at radius 2 is 1.76 bits per heavy atom. The molecule has 7 nitrogen and oxygen atoms in total. The molecule has 0 aliphatic rings. The fourth-order valence-corrected chi connectivity index (χ4v) is 3.39. The van der Waals surface area contributed by atoms with E-state index >= 15 is 0 Å². The Morgan fingerprint density at radius 1 is 1.06 bits per heavy atom. The molecule has 0 fully saturated rings. The van der Waals surface area contributed by atoms with Crippen LogP contribution in [0.5, 0.6) is 5.75 Å². The van der Waals surface area contributed by atoms with Crippen molar-refractivity contribution in [1.82, 2.24) is 15.1 Å². The minimum absolute atomic E-state index is 0.0868. The van der Waals surface area contributed by atoms with Crippen LogP contribution in [0.4, 0.5) is 5.69 Å². The van der Waals surface area contributed by atoms with Crippen molar-refractivity contribution in [3.05, 3.63) is 77.1 Å². The van der Waals surface area contributed by atoms with Crippen molar-refractivity contribution in [2.45, 2.75) is 46.6 Å². The zero-order valence-electron chi connectivity index (χ0n) is 20.8. The van der Waals surface area contributed by atoms with Crippen molar-refractivity contribution in [1.29, 1.82) is 0 Å². The molecule has 0 aliphatic carbocycles. The number of nitrogens with one attached hydrogen (secondary N) is 2. The van der Waals surface area contributed by atoms with Crippen molar-refractivity contribution in [2.24, 2.45) is 13.0 Å². The van der Waals surface area contributed by atoms with Crippen LogP contribution in [0.1, 0.15) is 66.6 Å². The van der Waals surface area contributed by atoms with Crippen LogP contribution in [-0.4, -0.2) is 28.1 Å². The number of rotatable bonds is 8. The molecular weight excluding hydrogens is 428 g/mol. The lowest BCUT2D eigenvalue weighted by Crippen LogP contribution is -2.30. The molecule has 0 saturated heterocycles. The molecule has 0 atom stereocenters. The summed E-state index contributed by atoms with van der Waals surface area (Å²) in [7, 11) is 1.67. The van der Waals surface area contributed by atoms with Crippen LogP contribution in [0.3, 0.4) is 0 Å². The van der Waals surface area contributed by atoms with Gasteiger partial charge in [0.05, 0.1) is 11.9 Å². The molecule has 3 rings (SSSR count). The summed E-state index contributed by atoms with van der Waals surface area (Å²) < 4.78 is 7.37. The summed E-state index contributed by atoms with van der Waals surface area (Å²) in [6, 6.07) is 15.3. The Balaban J connectivity index is 1.66. The first kappa shape index (κ1) is 25.0. The number of hydrogen-bond acceptors (Lipinski definition) is 4. The molecule has 0 saturated carbocycles. The van der Waals surface area contributed by atoms with Gasteiger partial charge in [-0.25, -0.2) is 0 Å². The number of nitrogens with zero attached hydrogens (tertiary/aromatic N) is 2. The molecule has 0 radical (unpaired) electrons. The minimum Gasteiger partial charge on any atom is -0.489 e. The lowest BCUT2D eigenvalue weighted by Gasteiger charge is -2.19. The zero-order chi connectivity index (χ0) is 24.9. The molecule has 180 valence electrons. The van der Waals surface area contributed by atoms with Crippen molar-refractivity contribution >= 4 is 17.5 Å². The van der Waals surface area contributed by atoms with Gasteiger partial charge in [0.2, 0.25) is 0 Å². The third-order valence-corrected chi connectivity index (χ3v) is 5.39. The first-order valence-corrected chi connectivity index (χ1v) is 11.5. The number of ether oxygens (including phenoxy) is 1. The summed E-state index contributed by atoms with van der Waals surface area (Å²) in [5, 5.41) is 9.81. The number of hydrogen-bond donors (Lipinski definition) is 2. The van der Waals surface area contributed by atoms with Crippen LogP contribution in [0.2, 0.25) is 0 Å². The van der Waals surface area contributed by atoms with Gasteiger partial charge < -0.3 is 15.4 Å². The normalized spacial score (nSPS) is 11.4. The summed E-state index contributed by atoms with van der Waals surface area (Å²) in [5.41, 5.74) is 3.35. The first-order valence-electron chi connectivity index (χ1n) is 11.5. The highest BCUT2D eigenvalue weighted by atomic mass is 16.5. The number of benzene rings is 2. The van der Waals surface area contributed by atoms with Gasteiger partial charge in [-0.1, -0.05) is 58.9 Å². The largest absolute Gasteiger partial charge is 0.489 e. The quantitative estimate of drug-likeness (QED) is 0.497. The van der Waals surface area contributed by atoms with E-state index in [9.17, 15) is 9.59 Å². The molecule has 2 N–H and O–H groups in total. The van der Waals surface area contributed by atoms with E-state index in [4.69, 9.17) is 4.74 Å². The van der Waals surface area contributed by atoms with E-state index in [1.54, 1.807) is 19.2 Å². The van der Waals surface area contributed by atoms with Crippen LogP contribution in [0.25, 0.3) is 0 Å². The maximum absolute atomic E-state index is 12.9. The van der Waals surface area contributed by atoms with Gasteiger partial charge in [0.25, 0.3) is 11.8 Å². The van der Waals surface area contributed by atoms with Gasteiger partial charge in [0.15, 0.2) is 0 Å². The van der Waals surface area contributed by atoms with Crippen LogP contribution in [-0.2, 0) is 19.1 Å². The molecule has 0 aliphatic heterocycles. The van der Waals surface area contributed by atoms with Crippen LogP contribution in [0.15, 0.2) is 54.7 Å². The molecule has 0 spiro atoms. The predicted octanol–water partition coefficient (Wildman–Crippen LogP) is 4.93. The van der Waals surface area contributed by atoms with Crippen LogP contribution < -0.4 is 15.4 Å². The first-order chi connectivity index (χ1) is 16.0. The van der Waals surface area contributed by atoms with Gasteiger partial charge in [-0.15, -0.1) is 0 Å². The van der Waals surface area contributed by atoms with Gasteiger partial charge >= 0.3 is 0 Å². The van der Waals surface area contributed by atoms with Gasteiger partial charge in [0, 0.05) is 19.2 Å². The molecule has 2 aromatic carbocycles.